The van der Waals surface area contributed by atoms with Crippen molar-refractivity contribution in [1.82, 2.24) is 0 Å². The summed E-state index contributed by atoms with van der Waals surface area (Å²) in [5.41, 5.74) is -0.475. The van der Waals surface area contributed by atoms with E-state index in [-0.39, 0.29) is 5.41 Å². The SMILES string of the molecule is CC(C)C1(C(C)(C)C)N=NN=N1. The van der Waals surface area contributed by atoms with Gasteiger partial charge in [0.2, 0.25) is 5.66 Å². The smallest absolute Gasteiger partial charge is 0.134 e. The number of hydrogen-bond acceptors (Lipinski definition) is 4. The Balaban J connectivity index is 3.05. The van der Waals surface area contributed by atoms with Crippen LogP contribution >= 0.6 is 0 Å². The fourth-order valence-corrected chi connectivity index (χ4v) is 1.59. The third-order valence-corrected chi connectivity index (χ3v) is 2.34. The molecule has 4 nitrogen and oxygen atoms in total. The Labute approximate surface area is 73.2 Å². The Hall–Kier alpha value is -0.800. The van der Waals surface area contributed by atoms with E-state index in [0.29, 0.717) is 5.92 Å². The highest BCUT2D eigenvalue weighted by atomic mass is 15.6. The van der Waals surface area contributed by atoms with Crippen molar-refractivity contribution in [2.75, 3.05) is 0 Å². The molecular formula is C8H16N4. The van der Waals surface area contributed by atoms with Crippen LogP contribution in [-0.4, -0.2) is 5.66 Å². The van der Waals surface area contributed by atoms with Gasteiger partial charge in [0.1, 0.15) is 0 Å². The molecule has 68 valence electrons. The molecule has 0 aromatic rings. The molecular weight excluding hydrogens is 152 g/mol. The molecule has 0 fully saturated rings. The average Bonchev–Trinajstić information content (AvgIpc) is 2.31. The average molecular weight is 168 g/mol. The monoisotopic (exact) mass is 168 g/mol. The van der Waals surface area contributed by atoms with Gasteiger partial charge in [-0.3, -0.25) is 0 Å². The van der Waals surface area contributed by atoms with Crippen molar-refractivity contribution in [2.24, 2.45) is 32.0 Å². The van der Waals surface area contributed by atoms with Gasteiger partial charge in [-0.15, -0.1) is 10.2 Å². The van der Waals surface area contributed by atoms with Crippen LogP contribution in [0.15, 0.2) is 20.7 Å². The maximum atomic E-state index is 4.13. The van der Waals surface area contributed by atoms with Crippen LogP contribution in [0.2, 0.25) is 0 Å². The summed E-state index contributed by atoms with van der Waals surface area (Å²) in [6, 6.07) is 0. The second-order valence-electron chi connectivity index (χ2n) is 4.51. The minimum Gasteiger partial charge on any atom is -0.134 e. The molecule has 1 aliphatic rings. The fourth-order valence-electron chi connectivity index (χ4n) is 1.59. The highest BCUT2D eigenvalue weighted by Crippen LogP contribution is 2.43. The van der Waals surface area contributed by atoms with Crippen molar-refractivity contribution in [3.05, 3.63) is 0 Å². The van der Waals surface area contributed by atoms with Crippen molar-refractivity contribution in [3.63, 3.8) is 0 Å². The van der Waals surface area contributed by atoms with Crippen molar-refractivity contribution < 1.29 is 0 Å². The maximum Gasteiger partial charge on any atom is 0.202 e. The highest BCUT2D eigenvalue weighted by molar-refractivity contribution is 4.98. The molecule has 12 heavy (non-hydrogen) atoms. The van der Waals surface area contributed by atoms with Gasteiger partial charge < -0.3 is 0 Å². The van der Waals surface area contributed by atoms with E-state index in [1.54, 1.807) is 0 Å². The molecule has 1 aliphatic heterocycles. The second kappa shape index (κ2) is 2.61. The third kappa shape index (κ3) is 1.15. The predicted molar refractivity (Wildman–Crippen MR) is 46.7 cm³/mol. The summed E-state index contributed by atoms with van der Waals surface area (Å²) >= 11 is 0. The van der Waals surface area contributed by atoms with Crippen LogP contribution in [0.25, 0.3) is 0 Å². The summed E-state index contributed by atoms with van der Waals surface area (Å²) < 4.78 is 0. The molecule has 0 bridgehead atoms. The molecule has 0 radical (unpaired) electrons. The second-order valence-corrected chi connectivity index (χ2v) is 4.51. The van der Waals surface area contributed by atoms with E-state index in [1.807, 2.05) is 0 Å². The Bertz CT molecular complexity index is 210. The highest BCUT2D eigenvalue weighted by Gasteiger charge is 2.47. The molecule has 1 rings (SSSR count). The largest absolute Gasteiger partial charge is 0.202 e. The summed E-state index contributed by atoms with van der Waals surface area (Å²) in [7, 11) is 0. The van der Waals surface area contributed by atoms with E-state index in [9.17, 15) is 0 Å². The van der Waals surface area contributed by atoms with Gasteiger partial charge >= 0.3 is 0 Å². The zero-order valence-electron chi connectivity index (χ0n) is 8.37. The number of nitrogens with zero attached hydrogens (tertiary/aromatic N) is 4. The summed E-state index contributed by atoms with van der Waals surface area (Å²) in [5, 5.41) is 15.5. The lowest BCUT2D eigenvalue weighted by molar-refractivity contribution is 0.138. The van der Waals surface area contributed by atoms with Gasteiger partial charge in [-0.05, 0) is 10.4 Å². The predicted octanol–water partition coefficient (Wildman–Crippen LogP) is 3.22. The van der Waals surface area contributed by atoms with Crippen LogP contribution in [0, 0.1) is 11.3 Å². The van der Waals surface area contributed by atoms with Gasteiger partial charge in [-0.25, -0.2) is 0 Å². The minimum absolute atomic E-state index is 0.0231. The van der Waals surface area contributed by atoms with Crippen LogP contribution in [-0.2, 0) is 0 Å². The zero-order valence-corrected chi connectivity index (χ0v) is 8.37. The lowest BCUT2D eigenvalue weighted by Gasteiger charge is -2.36. The molecule has 0 atom stereocenters. The first-order valence-corrected chi connectivity index (χ1v) is 4.24. The van der Waals surface area contributed by atoms with Crippen molar-refractivity contribution in [2.45, 2.75) is 40.3 Å². The third-order valence-electron chi connectivity index (χ3n) is 2.34. The maximum absolute atomic E-state index is 4.13. The Morgan fingerprint density at radius 2 is 1.42 bits per heavy atom. The standard InChI is InChI=1S/C8H16N4/c1-6(2)8(7(3,4)5)9-11-12-10-8/h6H,1-5H3. The molecule has 0 aromatic heterocycles. The van der Waals surface area contributed by atoms with Gasteiger partial charge in [-0.1, -0.05) is 34.6 Å². The Morgan fingerprint density at radius 1 is 1.00 bits per heavy atom. The first kappa shape index (κ1) is 9.29. The van der Waals surface area contributed by atoms with Gasteiger partial charge in [0, 0.05) is 11.3 Å². The molecule has 0 saturated heterocycles. The lowest BCUT2D eigenvalue weighted by atomic mass is 9.75. The van der Waals surface area contributed by atoms with Crippen LogP contribution < -0.4 is 0 Å². The first-order chi connectivity index (χ1) is 5.40. The number of rotatable bonds is 1. The molecule has 0 amide bonds. The Morgan fingerprint density at radius 3 is 1.58 bits per heavy atom. The molecule has 0 saturated carbocycles. The molecule has 0 aliphatic carbocycles. The zero-order chi connectivity index (χ0) is 9.41. The normalized spacial score (nSPS) is 20.8. The number of hydrogen-bond donors (Lipinski definition) is 0. The summed E-state index contributed by atoms with van der Waals surface area (Å²) in [4.78, 5) is 0. The van der Waals surface area contributed by atoms with E-state index in [2.05, 4.69) is 55.3 Å². The topological polar surface area (TPSA) is 49.4 Å². The van der Waals surface area contributed by atoms with Crippen molar-refractivity contribution >= 4 is 0 Å². The molecule has 4 heteroatoms. The van der Waals surface area contributed by atoms with E-state index in [0.717, 1.165) is 0 Å². The minimum atomic E-state index is -0.451. The lowest BCUT2D eigenvalue weighted by Crippen LogP contribution is -2.42. The van der Waals surface area contributed by atoms with Gasteiger partial charge in [-0.2, -0.15) is 0 Å². The molecule has 0 N–H and O–H groups in total. The van der Waals surface area contributed by atoms with Gasteiger partial charge in [0.15, 0.2) is 0 Å². The fraction of sp³-hybridized carbons (Fsp3) is 1.00. The molecule has 0 unspecified atom stereocenters. The first-order valence-electron chi connectivity index (χ1n) is 4.24. The summed E-state index contributed by atoms with van der Waals surface area (Å²) in [6.45, 7) is 10.5. The van der Waals surface area contributed by atoms with Gasteiger partial charge in [0.25, 0.3) is 0 Å². The van der Waals surface area contributed by atoms with Crippen molar-refractivity contribution in [3.8, 4) is 0 Å². The quantitative estimate of drug-likeness (QED) is 0.577. The van der Waals surface area contributed by atoms with E-state index < -0.39 is 5.66 Å². The summed E-state index contributed by atoms with van der Waals surface area (Å²) in [5.74, 6) is 0.326. The molecule has 1 heterocycles. The van der Waals surface area contributed by atoms with Crippen LogP contribution in [0.5, 0.6) is 0 Å². The van der Waals surface area contributed by atoms with E-state index in [4.69, 9.17) is 0 Å². The molecule has 0 aromatic carbocycles. The van der Waals surface area contributed by atoms with Crippen LogP contribution in [0.4, 0.5) is 0 Å². The van der Waals surface area contributed by atoms with Crippen LogP contribution in [0.1, 0.15) is 34.6 Å². The summed E-state index contributed by atoms with van der Waals surface area (Å²) in [6.07, 6.45) is 0. The van der Waals surface area contributed by atoms with Crippen molar-refractivity contribution in [1.29, 1.82) is 0 Å². The molecule has 0 spiro atoms. The van der Waals surface area contributed by atoms with Crippen LogP contribution in [0.3, 0.4) is 0 Å². The van der Waals surface area contributed by atoms with E-state index in [1.165, 1.54) is 0 Å². The van der Waals surface area contributed by atoms with Gasteiger partial charge in [0.05, 0.1) is 0 Å². The Kier molecular flexibility index (Phi) is 2.02. The van der Waals surface area contributed by atoms with E-state index >= 15 is 0 Å².